The lowest BCUT2D eigenvalue weighted by Crippen LogP contribution is -1.84. The molecule has 0 aromatic carbocycles. The average Bonchev–Trinajstić information content (AvgIpc) is 1.87. The van der Waals surface area contributed by atoms with Crippen molar-refractivity contribution in [1.29, 1.82) is 0 Å². The maximum atomic E-state index is 10.0. The Morgan fingerprint density at radius 1 is 1.36 bits per heavy atom. The summed E-state index contributed by atoms with van der Waals surface area (Å²) in [5.74, 6) is 0. The van der Waals surface area contributed by atoms with E-state index in [9.17, 15) is 4.79 Å². The third kappa shape index (κ3) is 7.04. The van der Waals surface area contributed by atoms with Gasteiger partial charge in [-0.05, 0) is 26.2 Å². The molecule has 1 heteroatoms. The molecule has 0 aromatic rings. The molecule has 62 valence electrons. The van der Waals surface area contributed by atoms with Crippen LogP contribution in [0.3, 0.4) is 0 Å². The number of carbonyl (C=O) groups is 1. The predicted molar refractivity (Wildman–Crippen MR) is 48.5 cm³/mol. The van der Waals surface area contributed by atoms with E-state index in [1.165, 1.54) is 5.57 Å². The lowest BCUT2D eigenvalue weighted by atomic mass is 10.1. The fraction of sp³-hybridized carbons (Fsp3) is 0.500. The number of carbonyl (C=O) groups excluding carboxylic acids is 1. The highest BCUT2D eigenvalue weighted by atomic mass is 16.1. The van der Waals surface area contributed by atoms with Crippen LogP contribution in [0.4, 0.5) is 0 Å². The van der Waals surface area contributed by atoms with E-state index < -0.39 is 0 Å². The van der Waals surface area contributed by atoms with E-state index in [1.807, 2.05) is 6.92 Å². The Balaban J connectivity index is 3.31. The summed E-state index contributed by atoms with van der Waals surface area (Å²) in [5.41, 5.74) is 2.23. The normalized spacial score (nSPS) is 9.18. The first-order valence-corrected chi connectivity index (χ1v) is 3.91. The van der Waals surface area contributed by atoms with Gasteiger partial charge < -0.3 is 4.79 Å². The second kappa shape index (κ2) is 5.90. The summed E-state index contributed by atoms with van der Waals surface area (Å²) in [5, 5.41) is 0. The summed E-state index contributed by atoms with van der Waals surface area (Å²) in [7, 11) is 0. The largest absolute Gasteiger partial charge is 0.303 e. The zero-order chi connectivity index (χ0) is 8.69. The maximum absolute atomic E-state index is 10.0. The molecule has 0 amide bonds. The molecule has 1 nitrogen and oxygen atoms in total. The van der Waals surface area contributed by atoms with Gasteiger partial charge in [0.15, 0.2) is 0 Å². The van der Waals surface area contributed by atoms with Gasteiger partial charge in [-0.2, -0.15) is 0 Å². The molecule has 0 N–H and O–H groups in total. The summed E-state index contributed by atoms with van der Waals surface area (Å²) in [6.45, 7) is 9.60. The van der Waals surface area contributed by atoms with Crippen molar-refractivity contribution in [1.82, 2.24) is 0 Å². The van der Waals surface area contributed by atoms with Crippen LogP contribution in [0.15, 0.2) is 24.3 Å². The second-order valence-electron chi connectivity index (χ2n) is 2.93. The Labute approximate surface area is 68.8 Å². The van der Waals surface area contributed by atoms with Crippen LogP contribution in [-0.2, 0) is 4.79 Å². The fourth-order valence-electron chi connectivity index (χ4n) is 0.860. The molecule has 11 heavy (non-hydrogen) atoms. The highest BCUT2D eigenvalue weighted by molar-refractivity contribution is 5.53. The highest BCUT2D eigenvalue weighted by Gasteiger charge is 1.93. The molecule has 0 unspecified atom stereocenters. The Bertz CT molecular complexity index is 156. The van der Waals surface area contributed by atoms with Crippen molar-refractivity contribution in [3.8, 4) is 0 Å². The number of hydrogen-bond acceptors (Lipinski definition) is 1. The monoisotopic (exact) mass is 152 g/mol. The number of allylic oxidation sites excluding steroid dienone is 2. The first-order chi connectivity index (χ1) is 5.16. The van der Waals surface area contributed by atoms with Gasteiger partial charge in [0.1, 0.15) is 6.29 Å². The smallest absolute Gasteiger partial charge is 0.124 e. The Hall–Kier alpha value is -0.850. The number of hydrogen-bond donors (Lipinski definition) is 0. The standard InChI is InChI=1S/C10H16O/c1-9(2)5-4-6-10(3)7-8-11/h8H,1,3-7H2,2H3. The van der Waals surface area contributed by atoms with Gasteiger partial charge in [-0.1, -0.05) is 17.7 Å². The van der Waals surface area contributed by atoms with Crippen LogP contribution >= 0.6 is 0 Å². The molecule has 0 rings (SSSR count). The van der Waals surface area contributed by atoms with Crippen LogP contribution in [0.1, 0.15) is 32.6 Å². The summed E-state index contributed by atoms with van der Waals surface area (Å²) in [6.07, 6.45) is 4.48. The molecule has 0 aliphatic rings. The van der Waals surface area contributed by atoms with Crippen LogP contribution < -0.4 is 0 Å². The molecule has 0 bridgehead atoms. The third-order valence-corrected chi connectivity index (χ3v) is 1.51. The minimum absolute atomic E-state index is 0.510. The van der Waals surface area contributed by atoms with Gasteiger partial charge in [-0.3, -0.25) is 0 Å². The molecule has 0 heterocycles. The molecule has 0 aliphatic heterocycles. The van der Waals surface area contributed by atoms with Crippen LogP contribution in [-0.4, -0.2) is 6.29 Å². The summed E-state index contributed by atoms with van der Waals surface area (Å²) in [6, 6.07) is 0. The van der Waals surface area contributed by atoms with E-state index in [4.69, 9.17) is 0 Å². The average molecular weight is 152 g/mol. The van der Waals surface area contributed by atoms with Gasteiger partial charge in [0.25, 0.3) is 0 Å². The fourth-order valence-corrected chi connectivity index (χ4v) is 0.860. The minimum Gasteiger partial charge on any atom is -0.303 e. The lowest BCUT2D eigenvalue weighted by Gasteiger charge is -2.00. The van der Waals surface area contributed by atoms with Crippen molar-refractivity contribution in [3.05, 3.63) is 24.3 Å². The first-order valence-electron chi connectivity index (χ1n) is 3.91. The number of aldehydes is 1. The van der Waals surface area contributed by atoms with Gasteiger partial charge in [0, 0.05) is 6.42 Å². The molecule has 0 aliphatic carbocycles. The first kappa shape index (κ1) is 10.2. The Morgan fingerprint density at radius 3 is 2.45 bits per heavy atom. The van der Waals surface area contributed by atoms with Gasteiger partial charge in [0.2, 0.25) is 0 Å². The van der Waals surface area contributed by atoms with E-state index in [0.717, 1.165) is 31.1 Å². The van der Waals surface area contributed by atoms with E-state index in [1.54, 1.807) is 0 Å². The van der Waals surface area contributed by atoms with Gasteiger partial charge in [-0.15, -0.1) is 6.58 Å². The summed E-state index contributed by atoms with van der Waals surface area (Å²) < 4.78 is 0. The van der Waals surface area contributed by atoms with Crippen molar-refractivity contribution in [2.24, 2.45) is 0 Å². The molecule has 0 aromatic heterocycles. The van der Waals surface area contributed by atoms with E-state index in [0.29, 0.717) is 6.42 Å². The van der Waals surface area contributed by atoms with Crippen molar-refractivity contribution in [2.45, 2.75) is 32.6 Å². The van der Waals surface area contributed by atoms with Crippen LogP contribution in [0.2, 0.25) is 0 Å². The zero-order valence-corrected chi connectivity index (χ0v) is 7.23. The highest BCUT2D eigenvalue weighted by Crippen LogP contribution is 2.10. The van der Waals surface area contributed by atoms with Crippen molar-refractivity contribution in [3.63, 3.8) is 0 Å². The summed E-state index contributed by atoms with van der Waals surface area (Å²) in [4.78, 5) is 10.0. The minimum atomic E-state index is 0.510. The van der Waals surface area contributed by atoms with E-state index in [2.05, 4.69) is 13.2 Å². The second-order valence-corrected chi connectivity index (χ2v) is 2.93. The van der Waals surface area contributed by atoms with Gasteiger partial charge in [-0.25, -0.2) is 0 Å². The third-order valence-electron chi connectivity index (χ3n) is 1.51. The molecule has 0 fully saturated rings. The molecule has 0 spiro atoms. The molecular weight excluding hydrogens is 136 g/mol. The van der Waals surface area contributed by atoms with Gasteiger partial charge in [0.05, 0.1) is 0 Å². The topological polar surface area (TPSA) is 17.1 Å². The lowest BCUT2D eigenvalue weighted by molar-refractivity contribution is -0.107. The zero-order valence-electron chi connectivity index (χ0n) is 7.23. The maximum Gasteiger partial charge on any atom is 0.124 e. The van der Waals surface area contributed by atoms with Crippen molar-refractivity contribution < 1.29 is 4.79 Å². The SMILES string of the molecule is C=C(C)CCCC(=C)CC=O. The molecular formula is C10H16O. The van der Waals surface area contributed by atoms with Crippen LogP contribution in [0.25, 0.3) is 0 Å². The van der Waals surface area contributed by atoms with Crippen LogP contribution in [0, 0.1) is 0 Å². The predicted octanol–water partition coefficient (Wildman–Crippen LogP) is 2.88. The molecule has 0 saturated carbocycles. The summed E-state index contributed by atoms with van der Waals surface area (Å²) >= 11 is 0. The van der Waals surface area contributed by atoms with Gasteiger partial charge >= 0.3 is 0 Å². The number of rotatable bonds is 6. The van der Waals surface area contributed by atoms with Crippen molar-refractivity contribution >= 4 is 6.29 Å². The molecule has 0 atom stereocenters. The van der Waals surface area contributed by atoms with E-state index in [-0.39, 0.29) is 0 Å². The Morgan fingerprint density at radius 2 is 2.00 bits per heavy atom. The van der Waals surface area contributed by atoms with Crippen molar-refractivity contribution in [2.75, 3.05) is 0 Å². The Kier molecular flexibility index (Phi) is 5.44. The van der Waals surface area contributed by atoms with E-state index >= 15 is 0 Å². The molecule has 0 radical (unpaired) electrons. The molecule has 0 saturated heterocycles. The van der Waals surface area contributed by atoms with Crippen LogP contribution in [0.5, 0.6) is 0 Å². The quantitative estimate of drug-likeness (QED) is 0.422.